The first-order valence-electron chi connectivity index (χ1n) is 7.33. The van der Waals surface area contributed by atoms with Crippen LogP contribution in [0.15, 0.2) is 23.2 Å². The molecule has 1 aliphatic carbocycles. The van der Waals surface area contributed by atoms with Crippen LogP contribution in [0.1, 0.15) is 36.8 Å². The van der Waals surface area contributed by atoms with Crippen molar-refractivity contribution in [2.24, 2.45) is 4.99 Å². The van der Waals surface area contributed by atoms with E-state index in [0.29, 0.717) is 6.04 Å². The van der Waals surface area contributed by atoms with E-state index in [2.05, 4.69) is 40.7 Å². The van der Waals surface area contributed by atoms with Gasteiger partial charge in [0.05, 0.1) is 7.11 Å². The summed E-state index contributed by atoms with van der Waals surface area (Å²) in [5.41, 5.74) is 2.35. The summed E-state index contributed by atoms with van der Waals surface area (Å²) < 4.78 is 5.35. The number of aliphatic imine (C=N–C) groups is 1. The maximum Gasteiger partial charge on any atom is 0.191 e. The first kappa shape index (κ1) is 14.7. The lowest BCUT2D eigenvalue weighted by Gasteiger charge is -2.17. The van der Waals surface area contributed by atoms with Gasteiger partial charge in [-0.3, -0.25) is 4.99 Å². The summed E-state index contributed by atoms with van der Waals surface area (Å²) in [5.74, 6) is 1.82. The van der Waals surface area contributed by atoms with Crippen molar-refractivity contribution in [3.63, 3.8) is 0 Å². The average molecular weight is 275 g/mol. The van der Waals surface area contributed by atoms with Gasteiger partial charge in [-0.15, -0.1) is 0 Å². The Kier molecular flexibility index (Phi) is 5.27. The van der Waals surface area contributed by atoms with Gasteiger partial charge in [-0.1, -0.05) is 25.0 Å². The van der Waals surface area contributed by atoms with Crippen LogP contribution in [0.2, 0.25) is 0 Å². The van der Waals surface area contributed by atoms with Crippen LogP contribution in [0, 0.1) is 6.92 Å². The first-order valence-corrected chi connectivity index (χ1v) is 7.33. The Morgan fingerprint density at radius 1 is 1.35 bits per heavy atom. The highest BCUT2D eigenvalue weighted by atomic mass is 16.5. The summed E-state index contributed by atoms with van der Waals surface area (Å²) in [4.78, 5) is 4.29. The fourth-order valence-electron chi connectivity index (χ4n) is 2.62. The van der Waals surface area contributed by atoms with E-state index in [-0.39, 0.29) is 0 Å². The molecule has 0 spiro atoms. The second kappa shape index (κ2) is 7.17. The Morgan fingerprint density at radius 2 is 2.10 bits per heavy atom. The molecule has 0 heterocycles. The van der Waals surface area contributed by atoms with Crippen LogP contribution in [-0.2, 0) is 6.54 Å². The van der Waals surface area contributed by atoms with Gasteiger partial charge in [-0.2, -0.15) is 0 Å². The lowest BCUT2D eigenvalue weighted by atomic mass is 10.1. The smallest absolute Gasteiger partial charge is 0.191 e. The zero-order chi connectivity index (χ0) is 14.4. The topological polar surface area (TPSA) is 45.7 Å². The van der Waals surface area contributed by atoms with Gasteiger partial charge in [0.25, 0.3) is 0 Å². The molecular weight excluding hydrogens is 250 g/mol. The molecule has 1 aromatic rings. The highest BCUT2D eigenvalue weighted by Gasteiger charge is 2.15. The third-order valence-corrected chi connectivity index (χ3v) is 3.85. The molecule has 0 aromatic heterocycles. The maximum atomic E-state index is 5.35. The summed E-state index contributed by atoms with van der Waals surface area (Å²) in [6, 6.07) is 6.86. The Balaban J connectivity index is 1.89. The molecule has 0 radical (unpaired) electrons. The van der Waals surface area contributed by atoms with Gasteiger partial charge >= 0.3 is 0 Å². The van der Waals surface area contributed by atoms with Crippen LogP contribution in [0.3, 0.4) is 0 Å². The molecule has 1 saturated carbocycles. The molecule has 0 saturated heterocycles. The van der Waals surface area contributed by atoms with Crippen molar-refractivity contribution in [2.45, 2.75) is 45.2 Å². The molecule has 0 bridgehead atoms. The normalized spacial score (nSPS) is 16.2. The Bertz CT molecular complexity index is 465. The lowest BCUT2D eigenvalue weighted by Crippen LogP contribution is -2.41. The van der Waals surface area contributed by atoms with E-state index >= 15 is 0 Å². The average Bonchev–Trinajstić information content (AvgIpc) is 2.97. The molecule has 0 aliphatic heterocycles. The molecule has 0 atom stereocenters. The largest absolute Gasteiger partial charge is 0.496 e. The summed E-state index contributed by atoms with van der Waals surface area (Å²) in [7, 11) is 3.53. The SMILES string of the molecule is CN=C(NCc1ccc(C)c(OC)c1)NC1CCCC1. The van der Waals surface area contributed by atoms with Crippen molar-refractivity contribution in [3.05, 3.63) is 29.3 Å². The van der Waals surface area contributed by atoms with E-state index in [1.807, 2.05) is 7.05 Å². The second-order valence-electron chi connectivity index (χ2n) is 5.36. The van der Waals surface area contributed by atoms with Gasteiger partial charge in [0, 0.05) is 19.6 Å². The third-order valence-electron chi connectivity index (χ3n) is 3.85. The fourth-order valence-corrected chi connectivity index (χ4v) is 2.62. The van der Waals surface area contributed by atoms with Crippen molar-refractivity contribution in [1.29, 1.82) is 0 Å². The number of ether oxygens (including phenoxy) is 1. The second-order valence-corrected chi connectivity index (χ2v) is 5.36. The van der Waals surface area contributed by atoms with Crippen LogP contribution >= 0.6 is 0 Å². The number of methoxy groups -OCH3 is 1. The fraction of sp³-hybridized carbons (Fsp3) is 0.562. The molecular formula is C16H25N3O. The molecule has 4 nitrogen and oxygen atoms in total. The predicted molar refractivity (Wildman–Crippen MR) is 83.3 cm³/mol. The van der Waals surface area contributed by atoms with Crippen molar-refractivity contribution in [3.8, 4) is 5.75 Å². The zero-order valence-electron chi connectivity index (χ0n) is 12.7. The number of rotatable bonds is 4. The minimum absolute atomic E-state index is 0.578. The highest BCUT2D eigenvalue weighted by Crippen LogP contribution is 2.19. The molecule has 0 amide bonds. The molecule has 20 heavy (non-hydrogen) atoms. The van der Waals surface area contributed by atoms with Crippen molar-refractivity contribution < 1.29 is 4.74 Å². The van der Waals surface area contributed by atoms with Crippen LogP contribution in [-0.4, -0.2) is 26.2 Å². The Morgan fingerprint density at radius 3 is 2.75 bits per heavy atom. The number of guanidine groups is 1. The van der Waals surface area contributed by atoms with Crippen molar-refractivity contribution in [2.75, 3.05) is 14.2 Å². The zero-order valence-corrected chi connectivity index (χ0v) is 12.7. The van der Waals surface area contributed by atoms with E-state index in [9.17, 15) is 0 Å². The highest BCUT2D eigenvalue weighted by molar-refractivity contribution is 5.80. The van der Waals surface area contributed by atoms with Crippen LogP contribution in [0.4, 0.5) is 0 Å². The summed E-state index contributed by atoms with van der Waals surface area (Å²) in [6.45, 7) is 2.81. The van der Waals surface area contributed by atoms with Crippen LogP contribution < -0.4 is 15.4 Å². The molecule has 2 N–H and O–H groups in total. The predicted octanol–water partition coefficient (Wildman–Crippen LogP) is 2.61. The minimum atomic E-state index is 0.578. The van der Waals surface area contributed by atoms with Gasteiger partial charge in [0.1, 0.15) is 5.75 Å². The van der Waals surface area contributed by atoms with E-state index in [1.165, 1.54) is 31.2 Å². The third kappa shape index (κ3) is 3.89. The number of hydrogen-bond donors (Lipinski definition) is 2. The molecule has 1 aliphatic rings. The van der Waals surface area contributed by atoms with Gasteiger partial charge in [0.15, 0.2) is 5.96 Å². The van der Waals surface area contributed by atoms with E-state index in [0.717, 1.165) is 23.8 Å². The minimum Gasteiger partial charge on any atom is -0.496 e. The van der Waals surface area contributed by atoms with E-state index < -0.39 is 0 Å². The molecule has 2 rings (SSSR count). The number of nitrogens with zero attached hydrogens (tertiary/aromatic N) is 1. The Hall–Kier alpha value is -1.71. The number of hydrogen-bond acceptors (Lipinski definition) is 2. The molecule has 1 fully saturated rings. The Labute approximate surface area is 121 Å². The number of benzene rings is 1. The summed E-state index contributed by atoms with van der Waals surface area (Å²) >= 11 is 0. The van der Waals surface area contributed by atoms with E-state index in [1.54, 1.807) is 7.11 Å². The standard InChI is InChI=1S/C16H25N3O/c1-12-8-9-13(10-15(12)20-3)11-18-16(17-2)19-14-6-4-5-7-14/h8-10,14H,4-7,11H2,1-3H3,(H2,17,18,19). The van der Waals surface area contributed by atoms with Crippen LogP contribution in [0.5, 0.6) is 5.75 Å². The molecule has 110 valence electrons. The molecule has 1 aromatic carbocycles. The van der Waals surface area contributed by atoms with Crippen LogP contribution in [0.25, 0.3) is 0 Å². The molecule has 4 heteroatoms. The first-order chi connectivity index (χ1) is 9.72. The van der Waals surface area contributed by atoms with Gasteiger partial charge < -0.3 is 15.4 Å². The van der Waals surface area contributed by atoms with E-state index in [4.69, 9.17) is 4.74 Å². The van der Waals surface area contributed by atoms with Gasteiger partial charge in [-0.25, -0.2) is 0 Å². The van der Waals surface area contributed by atoms with Gasteiger partial charge in [0.2, 0.25) is 0 Å². The number of nitrogens with one attached hydrogen (secondary N) is 2. The quantitative estimate of drug-likeness (QED) is 0.656. The monoisotopic (exact) mass is 275 g/mol. The van der Waals surface area contributed by atoms with Gasteiger partial charge in [-0.05, 0) is 37.0 Å². The van der Waals surface area contributed by atoms with Crippen molar-refractivity contribution in [1.82, 2.24) is 10.6 Å². The lowest BCUT2D eigenvalue weighted by molar-refractivity contribution is 0.411. The molecule has 0 unspecified atom stereocenters. The number of aryl methyl sites for hydroxylation is 1. The maximum absolute atomic E-state index is 5.35. The van der Waals surface area contributed by atoms with Crippen molar-refractivity contribution >= 4 is 5.96 Å². The summed E-state index contributed by atoms with van der Waals surface area (Å²) in [5, 5.41) is 6.85. The summed E-state index contributed by atoms with van der Waals surface area (Å²) in [6.07, 6.45) is 5.14.